The maximum absolute atomic E-state index is 2.78. The topological polar surface area (TPSA) is 3.24 Å². The van der Waals surface area contributed by atoms with Gasteiger partial charge in [0, 0.05) is 18.1 Å². The van der Waals surface area contributed by atoms with E-state index >= 15 is 0 Å². The molecule has 0 bridgehead atoms. The minimum atomic E-state index is 0.778. The minimum Gasteiger partial charge on any atom is -0.295 e. The van der Waals surface area contributed by atoms with Gasteiger partial charge in [0.2, 0.25) is 0 Å². The van der Waals surface area contributed by atoms with E-state index in [0.717, 1.165) is 18.1 Å². The fourth-order valence-electron chi connectivity index (χ4n) is 2.51. The Balaban J connectivity index is 1.91. The van der Waals surface area contributed by atoms with Gasteiger partial charge in [-0.05, 0) is 39.5 Å². The SMILES string of the molecule is CC(C)N(C1CCC1)C1CCC1. The summed E-state index contributed by atoms with van der Waals surface area (Å²) in [7, 11) is 0. The Morgan fingerprint density at radius 2 is 1.33 bits per heavy atom. The first-order valence-electron chi connectivity index (χ1n) is 5.56. The molecule has 12 heavy (non-hydrogen) atoms. The predicted octanol–water partition coefficient (Wildman–Crippen LogP) is 2.80. The molecular weight excluding hydrogens is 146 g/mol. The van der Waals surface area contributed by atoms with Crippen LogP contribution in [-0.4, -0.2) is 23.0 Å². The standard InChI is InChI=1S/C11H21N/c1-9(2)12(10-5-3-6-10)11-7-4-8-11/h9-11H,3-8H2,1-2H3. The molecule has 0 spiro atoms. The van der Waals surface area contributed by atoms with Gasteiger partial charge < -0.3 is 0 Å². The van der Waals surface area contributed by atoms with E-state index in [-0.39, 0.29) is 0 Å². The van der Waals surface area contributed by atoms with Crippen LogP contribution < -0.4 is 0 Å². The van der Waals surface area contributed by atoms with Crippen LogP contribution >= 0.6 is 0 Å². The molecule has 0 heterocycles. The Kier molecular flexibility index (Phi) is 2.40. The highest BCUT2D eigenvalue weighted by Gasteiger charge is 2.34. The summed E-state index contributed by atoms with van der Waals surface area (Å²) in [5, 5.41) is 0. The Morgan fingerprint density at radius 1 is 0.917 bits per heavy atom. The van der Waals surface area contributed by atoms with Gasteiger partial charge in [-0.3, -0.25) is 4.90 Å². The number of hydrogen-bond donors (Lipinski definition) is 0. The van der Waals surface area contributed by atoms with Crippen LogP contribution in [0.3, 0.4) is 0 Å². The van der Waals surface area contributed by atoms with Crippen LogP contribution in [0.25, 0.3) is 0 Å². The van der Waals surface area contributed by atoms with Crippen molar-refractivity contribution in [3.05, 3.63) is 0 Å². The van der Waals surface area contributed by atoms with Crippen LogP contribution in [0.4, 0.5) is 0 Å². The Morgan fingerprint density at radius 3 is 1.50 bits per heavy atom. The normalized spacial score (nSPS) is 26.0. The molecule has 0 N–H and O–H groups in total. The lowest BCUT2D eigenvalue weighted by Crippen LogP contribution is -2.52. The molecule has 0 unspecified atom stereocenters. The Hall–Kier alpha value is -0.0400. The molecule has 1 heteroatoms. The van der Waals surface area contributed by atoms with Gasteiger partial charge in [0.15, 0.2) is 0 Å². The van der Waals surface area contributed by atoms with E-state index < -0.39 is 0 Å². The average molecular weight is 167 g/mol. The van der Waals surface area contributed by atoms with E-state index in [0.29, 0.717) is 0 Å². The molecule has 0 aromatic carbocycles. The second kappa shape index (κ2) is 3.37. The summed E-state index contributed by atoms with van der Waals surface area (Å²) in [5.74, 6) is 0. The second-order valence-electron chi connectivity index (χ2n) is 4.71. The van der Waals surface area contributed by atoms with Crippen molar-refractivity contribution in [1.29, 1.82) is 0 Å². The van der Waals surface area contributed by atoms with Crippen LogP contribution in [0, 0.1) is 0 Å². The quantitative estimate of drug-likeness (QED) is 0.624. The zero-order valence-electron chi connectivity index (χ0n) is 8.42. The van der Waals surface area contributed by atoms with Gasteiger partial charge in [-0.25, -0.2) is 0 Å². The third-order valence-electron chi connectivity index (χ3n) is 3.59. The predicted molar refractivity (Wildman–Crippen MR) is 52.3 cm³/mol. The first-order chi connectivity index (χ1) is 5.79. The fraction of sp³-hybridized carbons (Fsp3) is 1.00. The van der Waals surface area contributed by atoms with Crippen molar-refractivity contribution in [2.75, 3.05) is 0 Å². The van der Waals surface area contributed by atoms with Gasteiger partial charge in [0.05, 0.1) is 0 Å². The summed E-state index contributed by atoms with van der Waals surface area (Å²) >= 11 is 0. The minimum absolute atomic E-state index is 0.778. The molecule has 0 amide bonds. The molecule has 2 rings (SSSR count). The third kappa shape index (κ3) is 1.39. The van der Waals surface area contributed by atoms with Crippen molar-refractivity contribution in [2.45, 2.75) is 70.5 Å². The molecule has 70 valence electrons. The highest BCUT2D eigenvalue weighted by molar-refractivity contribution is 4.90. The lowest BCUT2D eigenvalue weighted by molar-refractivity contribution is 0.0140. The van der Waals surface area contributed by atoms with Crippen molar-refractivity contribution in [3.63, 3.8) is 0 Å². The first kappa shape index (κ1) is 8.55. The van der Waals surface area contributed by atoms with Gasteiger partial charge in [0.25, 0.3) is 0 Å². The first-order valence-corrected chi connectivity index (χ1v) is 5.56. The molecule has 0 aromatic rings. The average Bonchev–Trinajstić information content (AvgIpc) is 1.77. The summed E-state index contributed by atoms with van der Waals surface area (Å²) < 4.78 is 0. The largest absolute Gasteiger partial charge is 0.295 e. The zero-order chi connectivity index (χ0) is 8.55. The van der Waals surface area contributed by atoms with Crippen LogP contribution in [-0.2, 0) is 0 Å². The Labute approximate surface area is 76.1 Å². The molecule has 0 saturated heterocycles. The molecular formula is C11H21N. The Bertz CT molecular complexity index is 131. The van der Waals surface area contributed by atoms with Crippen molar-refractivity contribution >= 4 is 0 Å². The molecule has 0 aromatic heterocycles. The summed E-state index contributed by atoms with van der Waals surface area (Å²) in [5.41, 5.74) is 0. The molecule has 0 aliphatic heterocycles. The van der Waals surface area contributed by atoms with E-state index in [1.54, 1.807) is 0 Å². The zero-order valence-corrected chi connectivity index (χ0v) is 8.42. The third-order valence-corrected chi connectivity index (χ3v) is 3.59. The molecule has 2 saturated carbocycles. The lowest BCUT2D eigenvalue weighted by Gasteiger charge is -2.48. The lowest BCUT2D eigenvalue weighted by atomic mass is 9.83. The van der Waals surface area contributed by atoms with Crippen molar-refractivity contribution in [3.8, 4) is 0 Å². The summed E-state index contributed by atoms with van der Waals surface area (Å²) in [6.07, 6.45) is 8.81. The molecule has 2 fully saturated rings. The fourth-order valence-corrected chi connectivity index (χ4v) is 2.51. The number of rotatable bonds is 3. The maximum Gasteiger partial charge on any atom is 0.0101 e. The van der Waals surface area contributed by atoms with Crippen LogP contribution in [0.5, 0.6) is 0 Å². The highest BCUT2D eigenvalue weighted by Crippen LogP contribution is 2.34. The van der Waals surface area contributed by atoms with E-state index in [1.807, 2.05) is 0 Å². The maximum atomic E-state index is 2.78. The van der Waals surface area contributed by atoms with Crippen LogP contribution in [0.2, 0.25) is 0 Å². The van der Waals surface area contributed by atoms with E-state index in [9.17, 15) is 0 Å². The van der Waals surface area contributed by atoms with E-state index in [1.165, 1.54) is 38.5 Å². The monoisotopic (exact) mass is 167 g/mol. The summed E-state index contributed by atoms with van der Waals surface area (Å²) in [6, 6.07) is 2.69. The second-order valence-corrected chi connectivity index (χ2v) is 4.71. The van der Waals surface area contributed by atoms with Crippen molar-refractivity contribution in [1.82, 2.24) is 4.90 Å². The summed E-state index contributed by atoms with van der Waals surface area (Å²) in [6.45, 7) is 4.72. The van der Waals surface area contributed by atoms with E-state index in [4.69, 9.17) is 0 Å². The van der Waals surface area contributed by atoms with Crippen LogP contribution in [0.15, 0.2) is 0 Å². The highest BCUT2D eigenvalue weighted by atomic mass is 15.2. The van der Waals surface area contributed by atoms with Gasteiger partial charge >= 0.3 is 0 Å². The number of hydrogen-bond acceptors (Lipinski definition) is 1. The molecule has 2 aliphatic carbocycles. The molecule has 0 atom stereocenters. The van der Waals surface area contributed by atoms with Gasteiger partial charge in [-0.15, -0.1) is 0 Å². The smallest absolute Gasteiger partial charge is 0.0101 e. The van der Waals surface area contributed by atoms with Crippen molar-refractivity contribution < 1.29 is 0 Å². The molecule has 0 radical (unpaired) electrons. The van der Waals surface area contributed by atoms with Gasteiger partial charge in [0.1, 0.15) is 0 Å². The van der Waals surface area contributed by atoms with E-state index in [2.05, 4.69) is 18.7 Å². The van der Waals surface area contributed by atoms with Crippen molar-refractivity contribution in [2.24, 2.45) is 0 Å². The summed E-state index contributed by atoms with van der Waals surface area (Å²) in [4.78, 5) is 2.78. The van der Waals surface area contributed by atoms with Gasteiger partial charge in [-0.2, -0.15) is 0 Å². The van der Waals surface area contributed by atoms with Gasteiger partial charge in [-0.1, -0.05) is 12.8 Å². The van der Waals surface area contributed by atoms with Crippen LogP contribution in [0.1, 0.15) is 52.4 Å². The number of nitrogens with zero attached hydrogens (tertiary/aromatic N) is 1. The molecule has 2 aliphatic rings. The molecule has 1 nitrogen and oxygen atoms in total.